The molecule has 0 N–H and O–H groups in total. The molecule has 0 aliphatic rings. The van der Waals surface area contributed by atoms with Crippen LogP contribution in [-0.4, -0.2) is 73.3 Å². The Labute approximate surface area is 91.6 Å². The van der Waals surface area contributed by atoms with Crippen LogP contribution < -0.4 is 0 Å². The molecule has 4 heavy (non-hydrogen) atoms. The first-order chi connectivity index (χ1) is 0. The third-order valence-corrected chi connectivity index (χ3v) is 0. The van der Waals surface area contributed by atoms with Gasteiger partial charge in [0.05, 0.1) is 0 Å². The fraction of sp³-hybridized carbons (Fsp3) is 0. The predicted octanol–water partition coefficient (Wildman–Crippen LogP) is -1.14. The summed E-state index contributed by atoms with van der Waals surface area (Å²) in [4.78, 5) is 0. The van der Waals surface area contributed by atoms with E-state index < -0.39 is 0 Å². The predicted molar refractivity (Wildman–Crippen MR) is 17.3 cm³/mol. The molecule has 0 fully saturated rings. The van der Waals surface area contributed by atoms with E-state index in [0.717, 1.165) is 0 Å². The summed E-state index contributed by atoms with van der Waals surface area (Å²) in [6.07, 6.45) is 0. The molecule has 0 saturated heterocycles. The first-order valence-corrected chi connectivity index (χ1v) is 0. The van der Waals surface area contributed by atoms with Crippen LogP contribution >= 0.6 is 0 Å². The SMILES string of the molecule is [Ir].[Sb].[Sb].[Sb]. The van der Waals surface area contributed by atoms with Gasteiger partial charge in [-0.1, -0.05) is 0 Å². The minimum Gasteiger partial charge on any atom is 0 e. The quantitative estimate of drug-likeness (QED) is 0.331. The van der Waals surface area contributed by atoms with Crippen molar-refractivity contribution < 1.29 is 20.1 Å². The molecule has 0 nitrogen and oxygen atoms in total. The maximum Gasteiger partial charge on any atom is 0 e. The van der Waals surface area contributed by atoms with Crippen LogP contribution in [-0.2, 0) is 20.1 Å². The molecule has 0 heterocycles. The second-order valence-electron chi connectivity index (χ2n) is 0. The Morgan fingerprint density at radius 2 is 0.500 bits per heavy atom. The van der Waals surface area contributed by atoms with Crippen LogP contribution in [0.4, 0.5) is 0 Å². The number of rotatable bonds is 0. The van der Waals surface area contributed by atoms with Gasteiger partial charge in [-0.3, -0.25) is 0 Å². The van der Waals surface area contributed by atoms with Crippen molar-refractivity contribution in [2.24, 2.45) is 0 Å². The topological polar surface area (TPSA) is 0 Å². The summed E-state index contributed by atoms with van der Waals surface area (Å²) in [6, 6.07) is 0. The molecule has 0 bridgehead atoms. The van der Waals surface area contributed by atoms with Crippen molar-refractivity contribution in [3.8, 4) is 0 Å². The molecule has 0 aromatic heterocycles. The van der Waals surface area contributed by atoms with Crippen molar-refractivity contribution in [2.75, 3.05) is 0 Å². The molecule has 0 rings (SSSR count). The Bertz CT molecular complexity index is 3.25. The van der Waals surface area contributed by atoms with E-state index in [-0.39, 0.29) is 93.4 Å². The largest absolute Gasteiger partial charge is 0 e. The molecule has 0 spiro atoms. The smallest absolute Gasteiger partial charge is 0 e. The Hall–Kier alpha value is 3.10. The molecular formula is IrSb3. The summed E-state index contributed by atoms with van der Waals surface area (Å²) in [7, 11) is 0. The average Bonchev–Trinajstić information content (AvgIpc) is 0. The van der Waals surface area contributed by atoms with Gasteiger partial charge in [0, 0.05) is 93.4 Å². The van der Waals surface area contributed by atoms with E-state index in [0.29, 0.717) is 0 Å². The van der Waals surface area contributed by atoms with Crippen molar-refractivity contribution in [3.63, 3.8) is 0 Å². The van der Waals surface area contributed by atoms with Crippen LogP contribution in [0.2, 0.25) is 0 Å². The number of hydrogen-bond acceptors (Lipinski definition) is 0. The van der Waals surface area contributed by atoms with E-state index in [2.05, 4.69) is 0 Å². The van der Waals surface area contributed by atoms with E-state index in [1.54, 1.807) is 0 Å². The standard InChI is InChI=1S/Ir.3Sb. The summed E-state index contributed by atoms with van der Waals surface area (Å²) >= 11 is 0. The number of hydrogen-bond donors (Lipinski definition) is 0. The van der Waals surface area contributed by atoms with Crippen LogP contribution in [0, 0.1) is 0 Å². The van der Waals surface area contributed by atoms with E-state index in [9.17, 15) is 0 Å². The van der Waals surface area contributed by atoms with Crippen molar-refractivity contribution in [1.29, 1.82) is 0 Å². The average molecular weight is 557 g/mol. The Morgan fingerprint density at radius 3 is 0.500 bits per heavy atom. The monoisotopic (exact) mass is 556 g/mol. The third kappa shape index (κ3) is 8.92. The van der Waals surface area contributed by atoms with Crippen molar-refractivity contribution >= 4 is 73.3 Å². The molecule has 0 atom stereocenters. The van der Waals surface area contributed by atoms with Gasteiger partial charge in [-0.2, -0.15) is 0 Å². The maximum absolute atomic E-state index is 0. The molecule has 0 aromatic carbocycles. The van der Waals surface area contributed by atoms with Gasteiger partial charge in [0.25, 0.3) is 0 Å². The van der Waals surface area contributed by atoms with Crippen LogP contribution in [0.15, 0.2) is 0 Å². The van der Waals surface area contributed by atoms with E-state index in [1.165, 1.54) is 0 Å². The van der Waals surface area contributed by atoms with Gasteiger partial charge in [0.2, 0.25) is 0 Å². The molecule has 0 amide bonds. The van der Waals surface area contributed by atoms with Gasteiger partial charge in [-0.15, -0.1) is 0 Å². The molecule has 0 unspecified atom stereocenters. The Morgan fingerprint density at radius 1 is 0.500 bits per heavy atom. The van der Waals surface area contributed by atoms with Gasteiger partial charge in [-0.25, -0.2) is 0 Å². The molecule has 0 aromatic rings. The Balaban J connectivity index is 0. The van der Waals surface area contributed by atoms with Crippen molar-refractivity contribution in [1.82, 2.24) is 0 Å². The first-order valence-electron chi connectivity index (χ1n) is 0. The van der Waals surface area contributed by atoms with E-state index in [1.807, 2.05) is 0 Å². The molecule has 0 aliphatic heterocycles. The van der Waals surface area contributed by atoms with Crippen LogP contribution in [0.25, 0.3) is 0 Å². The summed E-state index contributed by atoms with van der Waals surface area (Å²) in [5.41, 5.74) is 0. The zero-order valence-electron chi connectivity index (χ0n) is 1.67. The maximum atomic E-state index is 0. The zero-order chi connectivity index (χ0) is 0. The second kappa shape index (κ2) is 16.5. The molecule has 24 valence electrons. The molecule has 4 heteroatoms. The normalized spacial score (nSPS) is 0. The Kier molecular flexibility index (Phi) is 113. The van der Waals surface area contributed by atoms with Crippen molar-refractivity contribution in [2.45, 2.75) is 0 Å². The van der Waals surface area contributed by atoms with E-state index in [4.69, 9.17) is 0 Å². The molecule has 10 radical (unpaired) electrons. The van der Waals surface area contributed by atoms with Gasteiger partial charge >= 0.3 is 0 Å². The van der Waals surface area contributed by atoms with Gasteiger partial charge in [0.15, 0.2) is 0 Å². The summed E-state index contributed by atoms with van der Waals surface area (Å²) in [5, 5.41) is 0. The van der Waals surface area contributed by atoms with Crippen LogP contribution in [0.5, 0.6) is 0 Å². The van der Waals surface area contributed by atoms with Crippen LogP contribution in [0.3, 0.4) is 0 Å². The van der Waals surface area contributed by atoms with Gasteiger partial charge in [-0.05, 0) is 0 Å². The summed E-state index contributed by atoms with van der Waals surface area (Å²) in [5.74, 6) is 0. The fourth-order valence-electron chi connectivity index (χ4n) is 0. The van der Waals surface area contributed by atoms with E-state index >= 15 is 0 Å². The minimum atomic E-state index is 0. The van der Waals surface area contributed by atoms with Gasteiger partial charge in [0.1, 0.15) is 0 Å². The summed E-state index contributed by atoms with van der Waals surface area (Å²) < 4.78 is 0. The van der Waals surface area contributed by atoms with Gasteiger partial charge < -0.3 is 0 Å². The molecular weight excluding hydrogens is 557 g/mol. The molecule has 0 aliphatic carbocycles. The second-order valence-corrected chi connectivity index (χ2v) is 0. The minimum absolute atomic E-state index is 0. The summed E-state index contributed by atoms with van der Waals surface area (Å²) in [6.45, 7) is 0. The van der Waals surface area contributed by atoms with Crippen molar-refractivity contribution in [3.05, 3.63) is 0 Å². The molecule has 0 saturated carbocycles. The van der Waals surface area contributed by atoms with Crippen LogP contribution in [0.1, 0.15) is 0 Å². The first kappa shape index (κ1) is 27.5. The third-order valence-electron chi connectivity index (χ3n) is 0. The zero-order valence-corrected chi connectivity index (χ0v) is 11.7. The fourth-order valence-corrected chi connectivity index (χ4v) is 0.